The predicted octanol–water partition coefficient (Wildman–Crippen LogP) is 3.38. The van der Waals surface area contributed by atoms with E-state index in [9.17, 15) is 4.79 Å². The number of hydrogen-bond acceptors (Lipinski definition) is 5. The summed E-state index contributed by atoms with van der Waals surface area (Å²) in [4.78, 5) is 20.1. The van der Waals surface area contributed by atoms with E-state index in [0.717, 1.165) is 40.2 Å². The van der Waals surface area contributed by atoms with Crippen LogP contribution in [0.3, 0.4) is 0 Å². The highest BCUT2D eigenvalue weighted by molar-refractivity contribution is 6.15. The molecule has 0 N–H and O–H groups in total. The lowest BCUT2D eigenvalue weighted by atomic mass is 10.0. The zero-order chi connectivity index (χ0) is 19.3. The van der Waals surface area contributed by atoms with Crippen molar-refractivity contribution in [2.24, 2.45) is 0 Å². The molecule has 0 bridgehead atoms. The molecule has 4 aromatic rings. The first-order valence-corrected chi connectivity index (χ1v) is 9.42. The summed E-state index contributed by atoms with van der Waals surface area (Å²) in [6.07, 6.45) is 2.66. The quantitative estimate of drug-likeness (QED) is 0.512. The smallest absolute Gasteiger partial charge is 0.259 e. The maximum Gasteiger partial charge on any atom is 0.259 e. The molecule has 0 amide bonds. The van der Waals surface area contributed by atoms with Crippen LogP contribution in [0, 0.1) is 0 Å². The molecule has 6 heteroatoms. The maximum atomic E-state index is 13.5. The number of benzene rings is 2. The minimum Gasteiger partial charge on any atom is -0.454 e. The summed E-state index contributed by atoms with van der Waals surface area (Å²) in [7, 11) is 4.09. The fourth-order valence-corrected chi connectivity index (χ4v) is 3.99. The highest BCUT2D eigenvalue weighted by Gasteiger charge is 2.20. The highest BCUT2D eigenvalue weighted by Crippen LogP contribution is 2.38. The molecule has 3 heterocycles. The van der Waals surface area contributed by atoms with Crippen LogP contribution in [0.2, 0.25) is 0 Å². The van der Waals surface area contributed by atoms with E-state index >= 15 is 0 Å². The minimum atomic E-state index is -0.00379. The summed E-state index contributed by atoms with van der Waals surface area (Å²) in [6.45, 7) is 1.75. The van der Waals surface area contributed by atoms with Crippen LogP contribution < -0.4 is 15.0 Å². The van der Waals surface area contributed by atoms with E-state index in [1.54, 1.807) is 6.20 Å². The molecule has 1 aliphatic heterocycles. The number of aryl methyl sites for hydroxylation is 1. The van der Waals surface area contributed by atoms with Crippen molar-refractivity contribution in [3.8, 4) is 11.5 Å². The first-order chi connectivity index (χ1) is 13.6. The molecule has 0 spiro atoms. The summed E-state index contributed by atoms with van der Waals surface area (Å²) < 4.78 is 13.0. The van der Waals surface area contributed by atoms with E-state index in [1.807, 2.05) is 49.0 Å². The molecular formula is C22H21N3O3. The van der Waals surface area contributed by atoms with E-state index in [1.165, 1.54) is 0 Å². The molecule has 6 nitrogen and oxygen atoms in total. The fraction of sp³-hybridized carbons (Fsp3) is 0.273. The maximum absolute atomic E-state index is 13.5. The second-order valence-electron chi connectivity index (χ2n) is 7.40. The van der Waals surface area contributed by atoms with Crippen molar-refractivity contribution in [3.05, 3.63) is 52.9 Å². The minimum absolute atomic E-state index is 0.00379. The van der Waals surface area contributed by atoms with Gasteiger partial charge in [-0.2, -0.15) is 0 Å². The van der Waals surface area contributed by atoms with Crippen LogP contribution in [0.4, 0.5) is 0 Å². The van der Waals surface area contributed by atoms with Crippen molar-refractivity contribution in [1.82, 2.24) is 14.5 Å². The SMILES string of the molecule is CN(C)CCCn1c(=O)c2cc3c(cc2c2ccc4ncccc4c21)OCO3. The predicted molar refractivity (Wildman–Crippen MR) is 110 cm³/mol. The topological polar surface area (TPSA) is 56.6 Å². The lowest BCUT2D eigenvalue weighted by Gasteiger charge is -2.16. The van der Waals surface area contributed by atoms with Crippen LogP contribution in [0.25, 0.3) is 32.6 Å². The summed E-state index contributed by atoms with van der Waals surface area (Å²) >= 11 is 0. The van der Waals surface area contributed by atoms with E-state index in [-0.39, 0.29) is 12.4 Å². The lowest BCUT2D eigenvalue weighted by molar-refractivity contribution is 0.174. The number of aromatic nitrogens is 2. The van der Waals surface area contributed by atoms with Gasteiger partial charge in [-0.3, -0.25) is 9.78 Å². The molecule has 5 rings (SSSR count). The van der Waals surface area contributed by atoms with Crippen molar-refractivity contribution < 1.29 is 9.47 Å². The van der Waals surface area contributed by atoms with Crippen molar-refractivity contribution in [1.29, 1.82) is 0 Å². The molecule has 0 saturated carbocycles. The van der Waals surface area contributed by atoms with Gasteiger partial charge in [-0.05, 0) is 57.4 Å². The van der Waals surface area contributed by atoms with Gasteiger partial charge in [0.05, 0.1) is 16.4 Å². The zero-order valence-corrected chi connectivity index (χ0v) is 15.9. The second kappa shape index (κ2) is 6.49. The molecule has 0 fully saturated rings. The first-order valence-electron chi connectivity index (χ1n) is 9.42. The van der Waals surface area contributed by atoms with Gasteiger partial charge in [0.25, 0.3) is 5.56 Å². The Kier molecular flexibility index (Phi) is 3.94. The van der Waals surface area contributed by atoms with Gasteiger partial charge >= 0.3 is 0 Å². The van der Waals surface area contributed by atoms with Crippen LogP contribution in [0.5, 0.6) is 11.5 Å². The van der Waals surface area contributed by atoms with Gasteiger partial charge in [-0.25, -0.2) is 0 Å². The monoisotopic (exact) mass is 375 g/mol. The third-order valence-electron chi connectivity index (χ3n) is 5.29. The average molecular weight is 375 g/mol. The Balaban J connectivity index is 1.87. The van der Waals surface area contributed by atoms with Gasteiger partial charge in [0, 0.05) is 28.9 Å². The first kappa shape index (κ1) is 17.0. The van der Waals surface area contributed by atoms with Crippen LogP contribution >= 0.6 is 0 Å². The summed E-state index contributed by atoms with van der Waals surface area (Å²) in [5.41, 5.74) is 1.81. The number of ether oxygens (including phenoxy) is 2. The van der Waals surface area contributed by atoms with Crippen LogP contribution in [0.15, 0.2) is 47.4 Å². The Morgan fingerprint density at radius 3 is 2.61 bits per heavy atom. The van der Waals surface area contributed by atoms with Gasteiger partial charge in [0.1, 0.15) is 0 Å². The van der Waals surface area contributed by atoms with Gasteiger partial charge < -0.3 is 18.9 Å². The highest BCUT2D eigenvalue weighted by atomic mass is 16.7. The van der Waals surface area contributed by atoms with Crippen molar-refractivity contribution >= 4 is 32.6 Å². The zero-order valence-electron chi connectivity index (χ0n) is 15.9. The molecule has 1 aliphatic rings. The number of pyridine rings is 2. The lowest BCUT2D eigenvalue weighted by Crippen LogP contribution is -2.23. The largest absolute Gasteiger partial charge is 0.454 e. The van der Waals surface area contributed by atoms with Crippen LogP contribution in [-0.4, -0.2) is 41.9 Å². The Hall–Kier alpha value is -3.12. The number of nitrogens with zero attached hydrogens (tertiary/aromatic N) is 3. The van der Waals surface area contributed by atoms with Crippen LogP contribution in [0.1, 0.15) is 6.42 Å². The Labute approximate surface area is 161 Å². The molecule has 0 unspecified atom stereocenters. The molecule has 2 aromatic carbocycles. The van der Waals surface area contributed by atoms with E-state index < -0.39 is 0 Å². The molecule has 28 heavy (non-hydrogen) atoms. The number of hydrogen-bond donors (Lipinski definition) is 0. The third kappa shape index (κ3) is 2.60. The van der Waals surface area contributed by atoms with E-state index in [2.05, 4.69) is 16.0 Å². The summed E-state index contributed by atoms with van der Waals surface area (Å²) in [5.74, 6) is 1.32. The molecular weight excluding hydrogens is 354 g/mol. The number of fused-ring (bicyclic) bond motifs is 6. The summed E-state index contributed by atoms with van der Waals surface area (Å²) in [6, 6.07) is 11.8. The molecule has 0 saturated heterocycles. The molecule has 142 valence electrons. The standard InChI is InChI=1S/C22H21N3O3/c1-24(2)9-4-10-25-21-14(6-7-18-15(21)5-3-8-23-18)16-11-19-20(28-13-27-19)12-17(16)22(25)26/h3,5-8,11-12H,4,9-10,13H2,1-2H3. The molecule has 2 aromatic heterocycles. The van der Waals surface area contributed by atoms with Crippen LogP contribution in [-0.2, 0) is 6.54 Å². The molecule has 0 aliphatic carbocycles. The fourth-order valence-electron chi connectivity index (χ4n) is 3.99. The van der Waals surface area contributed by atoms with E-state index in [4.69, 9.17) is 9.47 Å². The third-order valence-corrected chi connectivity index (χ3v) is 5.29. The second-order valence-corrected chi connectivity index (χ2v) is 7.40. The van der Waals surface area contributed by atoms with Gasteiger partial charge in [0.2, 0.25) is 6.79 Å². The Bertz CT molecular complexity index is 1280. The average Bonchev–Trinajstić information content (AvgIpc) is 3.16. The Morgan fingerprint density at radius 1 is 1.04 bits per heavy atom. The van der Waals surface area contributed by atoms with Gasteiger partial charge in [-0.15, -0.1) is 0 Å². The number of rotatable bonds is 4. The molecule has 0 radical (unpaired) electrons. The van der Waals surface area contributed by atoms with Crippen molar-refractivity contribution in [3.63, 3.8) is 0 Å². The summed E-state index contributed by atoms with van der Waals surface area (Å²) in [5, 5.41) is 3.56. The van der Waals surface area contributed by atoms with E-state index in [0.29, 0.717) is 23.4 Å². The van der Waals surface area contributed by atoms with Crippen molar-refractivity contribution in [2.75, 3.05) is 27.4 Å². The van der Waals surface area contributed by atoms with Gasteiger partial charge in [-0.1, -0.05) is 6.07 Å². The van der Waals surface area contributed by atoms with Crippen molar-refractivity contribution in [2.45, 2.75) is 13.0 Å². The molecule has 0 atom stereocenters. The normalized spacial score (nSPS) is 13.2. The van der Waals surface area contributed by atoms with Gasteiger partial charge in [0.15, 0.2) is 11.5 Å². The Morgan fingerprint density at radius 2 is 1.82 bits per heavy atom.